The summed E-state index contributed by atoms with van der Waals surface area (Å²) in [5, 5.41) is 4.09. The van der Waals surface area contributed by atoms with E-state index in [1.807, 2.05) is 0 Å². The van der Waals surface area contributed by atoms with Gasteiger partial charge in [-0.25, -0.2) is 15.0 Å². The van der Waals surface area contributed by atoms with E-state index in [1.54, 1.807) is 29.7 Å². The van der Waals surface area contributed by atoms with Crippen LogP contribution in [-0.4, -0.2) is 35.7 Å². The molecule has 0 aliphatic heterocycles. The van der Waals surface area contributed by atoms with Crippen molar-refractivity contribution in [3.8, 4) is 23.0 Å². The molecule has 0 amide bonds. The zero-order chi connectivity index (χ0) is 19.0. The molecule has 4 heterocycles. The van der Waals surface area contributed by atoms with Crippen LogP contribution >= 0.6 is 0 Å². The highest BCUT2D eigenvalue weighted by Crippen LogP contribution is 2.28. The first kappa shape index (κ1) is 16.8. The van der Waals surface area contributed by atoms with Gasteiger partial charge in [0.15, 0.2) is 0 Å². The van der Waals surface area contributed by atoms with Crippen molar-refractivity contribution in [3.05, 3.63) is 65.2 Å². The van der Waals surface area contributed by atoms with Gasteiger partial charge in [-0.15, -0.1) is 0 Å². The van der Waals surface area contributed by atoms with Crippen molar-refractivity contribution in [1.29, 1.82) is 0 Å². The molecule has 0 saturated heterocycles. The smallest absolute Gasteiger partial charge is 0.388 e. The lowest BCUT2D eigenvalue weighted by molar-refractivity contribution is -0.0528. The number of aryl methyl sites for hydroxylation is 1. The average molecular weight is 370 g/mol. The Morgan fingerprint density at radius 1 is 1.15 bits per heavy atom. The Kier molecular flexibility index (Phi) is 4.07. The molecule has 4 rings (SSSR count). The van der Waals surface area contributed by atoms with Crippen LogP contribution in [0.3, 0.4) is 0 Å². The van der Waals surface area contributed by atoms with Gasteiger partial charge in [0.2, 0.25) is 5.88 Å². The standard InChI is InChI=1S/C17H12F2N6O2/c1-10-12(11-3-6-20-13(7-11)27-16(18)19)8-24-9-23-25(15(26)14(10)24)17-21-4-2-5-22-17/h2-9,16H,1H3. The van der Waals surface area contributed by atoms with Crippen LogP contribution in [0.2, 0.25) is 0 Å². The second kappa shape index (κ2) is 6.56. The number of fused-ring (bicyclic) bond motifs is 1. The predicted octanol–water partition coefficient (Wildman–Crippen LogP) is 2.25. The molecule has 0 saturated carbocycles. The Labute approximate surface area is 150 Å². The summed E-state index contributed by atoms with van der Waals surface area (Å²) < 4.78 is 31.9. The molecule has 4 aromatic rings. The van der Waals surface area contributed by atoms with Gasteiger partial charge in [-0.05, 0) is 30.2 Å². The van der Waals surface area contributed by atoms with Gasteiger partial charge >= 0.3 is 6.61 Å². The third kappa shape index (κ3) is 3.01. The fourth-order valence-electron chi connectivity index (χ4n) is 2.81. The van der Waals surface area contributed by atoms with E-state index in [1.165, 1.54) is 31.0 Å². The van der Waals surface area contributed by atoms with E-state index in [9.17, 15) is 13.6 Å². The lowest BCUT2D eigenvalue weighted by Gasteiger charge is -2.05. The summed E-state index contributed by atoms with van der Waals surface area (Å²) >= 11 is 0. The minimum atomic E-state index is -2.97. The third-order valence-electron chi connectivity index (χ3n) is 3.97. The normalized spacial score (nSPS) is 11.3. The van der Waals surface area contributed by atoms with Crippen molar-refractivity contribution in [2.24, 2.45) is 0 Å². The van der Waals surface area contributed by atoms with Crippen molar-refractivity contribution >= 4 is 5.52 Å². The summed E-state index contributed by atoms with van der Waals surface area (Å²) in [5.41, 5.74) is 1.89. The second-order valence-electron chi connectivity index (χ2n) is 5.58. The maximum Gasteiger partial charge on any atom is 0.388 e. The number of aromatic nitrogens is 6. The summed E-state index contributed by atoms with van der Waals surface area (Å²) in [4.78, 5) is 24.7. The molecule has 0 aliphatic carbocycles. The molecule has 0 N–H and O–H groups in total. The third-order valence-corrected chi connectivity index (χ3v) is 3.97. The number of nitrogens with zero attached hydrogens (tertiary/aromatic N) is 6. The number of ether oxygens (including phenoxy) is 1. The van der Waals surface area contributed by atoms with Crippen LogP contribution in [0.4, 0.5) is 8.78 Å². The zero-order valence-corrected chi connectivity index (χ0v) is 14.0. The van der Waals surface area contributed by atoms with Crippen molar-refractivity contribution < 1.29 is 13.5 Å². The predicted molar refractivity (Wildman–Crippen MR) is 91.0 cm³/mol. The van der Waals surface area contributed by atoms with Crippen LogP contribution in [0.1, 0.15) is 5.56 Å². The van der Waals surface area contributed by atoms with Crippen molar-refractivity contribution in [2.45, 2.75) is 13.5 Å². The molecule has 8 nitrogen and oxygen atoms in total. The van der Waals surface area contributed by atoms with Crippen molar-refractivity contribution in [1.82, 2.24) is 29.1 Å². The molecule has 0 spiro atoms. The van der Waals surface area contributed by atoms with Gasteiger partial charge in [0.1, 0.15) is 11.8 Å². The second-order valence-corrected chi connectivity index (χ2v) is 5.58. The monoisotopic (exact) mass is 370 g/mol. The molecule has 0 atom stereocenters. The van der Waals surface area contributed by atoms with Crippen LogP contribution < -0.4 is 10.3 Å². The van der Waals surface area contributed by atoms with Crippen LogP contribution in [-0.2, 0) is 0 Å². The van der Waals surface area contributed by atoms with Crippen LogP contribution in [0.5, 0.6) is 5.88 Å². The van der Waals surface area contributed by atoms with Gasteiger partial charge in [0, 0.05) is 36.4 Å². The topological polar surface area (TPSA) is 87.2 Å². The van der Waals surface area contributed by atoms with E-state index in [-0.39, 0.29) is 11.8 Å². The van der Waals surface area contributed by atoms with E-state index >= 15 is 0 Å². The number of alkyl halides is 2. The average Bonchev–Trinajstić information content (AvgIpc) is 3.00. The number of hydrogen-bond donors (Lipinski definition) is 0. The first-order valence-corrected chi connectivity index (χ1v) is 7.83. The van der Waals surface area contributed by atoms with Gasteiger partial charge < -0.3 is 9.14 Å². The first-order valence-electron chi connectivity index (χ1n) is 7.83. The number of hydrogen-bond acceptors (Lipinski definition) is 6. The molecule has 136 valence electrons. The number of halogens is 2. The summed E-state index contributed by atoms with van der Waals surface area (Å²) in [6.07, 6.45) is 7.54. The summed E-state index contributed by atoms with van der Waals surface area (Å²) in [6.45, 7) is -1.21. The molecule has 0 bridgehead atoms. The number of rotatable bonds is 4. The van der Waals surface area contributed by atoms with Crippen LogP contribution in [0.25, 0.3) is 22.6 Å². The molecule has 4 aromatic heterocycles. The Morgan fingerprint density at radius 3 is 2.67 bits per heavy atom. The zero-order valence-electron chi connectivity index (χ0n) is 14.0. The van der Waals surface area contributed by atoms with Gasteiger partial charge in [-0.2, -0.15) is 18.6 Å². The van der Waals surface area contributed by atoms with E-state index in [4.69, 9.17) is 0 Å². The molecule has 0 fully saturated rings. The minimum Gasteiger partial charge on any atom is -0.417 e. The minimum absolute atomic E-state index is 0.156. The van der Waals surface area contributed by atoms with E-state index in [0.29, 0.717) is 22.2 Å². The lowest BCUT2D eigenvalue weighted by atomic mass is 10.1. The molecule has 10 heteroatoms. The van der Waals surface area contributed by atoms with Crippen LogP contribution in [0, 0.1) is 6.92 Å². The maximum absolute atomic E-state index is 12.9. The Hall–Kier alpha value is -3.69. The Bertz CT molecular complexity index is 1170. The highest BCUT2D eigenvalue weighted by Gasteiger charge is 2.16. The van der Waals surface area contributed by atoms with E-state index in [0.717, 1.165) is 4.68 Å². The van der Waals surface area contributed by atoms with Crippen LogP contribution in [0.15, 0.2) is 54.1 Å². The SMILES string of the molecule is Cc1c(-c2ccnc(OC(F)F)c2)cn2cnn(-c3ncccn3)c(=O)c12. The van der Waals surface area contributed by atoms with Crippen molar-refractivity contribution in [3.63, 3.8) is 0 Å². The van der Waals surface area contributed by atoms with E-state index < -0.39 is 12.2 Å². The summed E-state index contributed by atoms with van der Waals surface area (Å²) in [5.74, 6) is -0.0472. The molecular weight excluding hydrogens is 358 g/mol. The highest BCUT2D eigenvalue weighted by molar-refractivity contribution is 5.76. The van der Waals surface area contributed by atoms with Gasteiger partial charge in [0.05, 0.1) is 0 Å². The highest BCUT2D eigenvalue weighted by atomic mass is 19.3. The Morgan fingerprint density at radius 2 is 1.93 bits per heavy atom. The van der Waals surface area contributed by atoms with Gasteiger partial charge in [0.25, 0.3) is 11.5 Å². The molecule has 27 heavy (non-hydrogen) atoms. The molecular formula is C17H12F2N6O2. The van der Waals surface area contributed by atoms with Crippen molar-refractivity contribution in [2.75, 3.05) is 0 Å². The fraction of sp³-hybridized carbons (Fsp3) is 0.118. The first-order chi connectivity index (χ1) is 13.0. The molecule has 0 unspecified atom stereocenters. The number of pyridine rings is 1. The van der Waals surface area contributed by atoms with E-state index in [2.05, 4.69) is 24.8 Å². The fourth-order valence-corrected chi connectivity index (χ4v) is 2.81. The Balaban J connectivity index is 1.86. The summed E-state index contributed by atoms with van der Waals surface area (Å²) in [7, 11) is 0. The summed E-state index contributed by atoms with van der Waals surface area (Å²) in [6, 6.07) is 4.67. The molecule has 0 aliphatic rings. The maximum atomic E-state index is 12.9. The quantitative estimate of drug-likeness (QED) is 0.548. The van der Waals surface area contributed by atoms with Gasteiger partial charge in [-0.1, -0.05) is 0 Å². The molecule has 0 aromatic carbocycles. The lowest BCUT2D eigenvalue weighted by Crippen LogP contribution is -2.24. The molecule has 0 radical (unpaired) electrons. The largest absolute Gasteiger partial charge is 0.417 e. The van der Waals surface area contributed by atoms with Gasteiger partial charge in [-0.3, -0.25) is 4.79 Å².